The average molecular weight is 365 g/mol. The standard InChI is InChI=1S/C12H12BrCl2N3O/c1-2-3-18-11(8(13)6-17-18)12(19)10-9(15)4-7(14)5-16-10/h4-6,12,19H,2-3H2,1H3. The number of aliphatic hydroxyl groups is 1. The molecule has 1 unspecified atom stereocenters. The van der Waals surface area contributed by atoms with E-state index in [1.807, 2.05) is 6.92 Å². The highest BCUT2D eigenvalue weighted by Crippen LogP contribution is 2.32. The second-order valence-corrected chi connectivity index (χ2v) is 5.72. The molecular weight excluding hydrogens is 353 g/mol. The van der Waals surface area contributed by atoms with Crippen LogP contribution in [-0.4, -0.2) is 19.9 Å². The zero-order chi connectivity index (χ0) is 14.0. The van der Waals surface area contributed by atoms with Crippen molar-refractivity contribution in [2.45, 2.75) is 26.0 Å². The minimum Gasteiger partial charge on any atom is -0.380 e. The number of aryl methyl sites for hydroxylation is 1. The Kier molecular flexibility index (Phi) is 4.84. The molecule has 7 heteroatoms. The van der Waals surface area contributed by atoms with Crippen LogP contribution in [0.4, 0.5) is 0 Å². The predicted molar refractivity (Wildman–Crippen MR) is 78.5 cm³/mol. The molecule has 1 atom stereocenters. The van der Waals surface area contributed by atoms with Crippen molar-refractivity contribution < 1.29 is 5.11 Å². The molecule has 102 valence electrons. The van der Waals surface area contributed by atoms with Crippen LogP contribution in [0.15, 0.2) is 22.9 Å². The number of aliphatic hydroxyl groups excluding tert-OH is 1. The van der Waals surface area contributed by atoms with Crippen molar-refractivity contribution in [3.8, 4) is 0 Å². The summed E-state index contributed by atoms with van der Waals surface area (Å²) in [7, 11) is 0. The fraction of sp³-hybridized carbons (Fsp3) is 0.333. The Balaban J connectivity index is 2.43. The second kappa shape index (κ2) is 6.22. The van der Waals surface area contributed by atoms with Crippen LogP contribution in [0, 0.1) is 0 Å². The highest BCUT2D eigenvalue weighted by Gasteiger charge is 2.22. The molecule has 19 heavy (non-hydrogen) atoms. The van der Waals surface area contributed by atoms with E-state index in [4.69, 9.17) is 23.2 Å². The molecule has 2 aromatic heterocycles. The minimum atomic E-state index is -0.951. The fourth-order valence-electron chi connectivity index (χ4n) is 1.79. The van der Waals surface area contributed by atoms with E-state index in [1.165, 1.54) is 6.20 Å². The molecule has 0 radical (unpaired) electrons. The maximum absolute atomic E-state index is 10.5. The lowest BCUT2D eigenvalue weighted by atomic mass is 10.1. The van der Waals surface area contributed by atoms with Gasteiger partial charge in [0.1, 0.15) is 6.10 Å². The Hall–Kier alpha value is -0.620. The summed E-state index contributed by atoms with van der Waals surface area (Å²) < 4.78 is 2.46. The second-order valence-electron chi connectivity index (χ2n) is 4.02. The van der Waals surface area contributed by atoms with Gasteiger partial charge in [0.15, 0.2) is 0 Å². The van der Waals surface area contributed by atoms with E-state index < -0.39 is 6.10 Å². The number of hydrogen-bond acceptors (Lipinski definition) is 3. The fourth-order valence-corrected chi connectivity index (χ4v) is 2.79. The Labute approximate surface area is 129 Å². The third-order valence-corrected chi connectivity index (χ3v) is 3.74. The summed E-state index contributed by atoms with van der Waals surface area (Å²) in [5.74, 6) is 0. The SMILES string of the molecule is CCCn1ncc(Br)c1C(O)c1ncc(Cl)cc1Cl. The summed E-state index contributed by atoms with van der Waals surface area (Å²) in [6.45, 7) is 2.75. The molecule has 0 bridgehead atoms. The molecule has 0 saturated heterocycles. The molecule has 0 aromatic carbocycles. The predicted octanol–water partition coefficient (Wildman–Crippen LogP) is 3.84. The Bertz CT molecular complexity index is 588. The molecule has 0 spiro atoms. The van der Waals surface area contributed by atoms with Gasteiger partial charge in [0, 0.05) is 12.7 Å². The summed E-state index contributed by atoms with van der Waals surface area (Å²) in [6, 6.07) is 1.56. The molecule has 0 aliphatic carbocycles. The van der Waals surface area contributed by atoms with Crippen LogP contribution in [0.2, 0.25) is 10.0 Å². The van der Waals surface area contributed by atoms with Crippen LogP contribution in [0.25, 0.3) is 0 Å². The summed E-state index contributed by atoms with van der Waals surface area (Å²) >= 11 is 15.3. The first-order valence-electron chi connectivity index (χ1n) is 5.74. The Morgan fingerprint density at radius 2 is 2.16 bits per heavy atom. The van der Waals surface area contributed by atoms with Gasteiger partial charge in [-0.25, -0.2) is 0 Å². The van der Waals surface area contributed by atoms with Gasteiger partial charge in [0.05, 0.1) is 32.1 Å². The first kappa shape index (κ1) is 14.8. The maximum atomic E-state index is 10.5. The number of hydrogen-bond donors (Lipinski definition) is 1. The summed E-state index contributed by atoms with van der Waals surface area (Å²) in [4.78, 5) is 4.10. The first-order chi connectivity index (χ1) is 9.04. The third kappa shape index (κ3) is 3.11. The van der Waals surface area contributed by atoms with Crippen LogP contribution in [0.1, 0.15) is 30.8 Å². The van der Waals surface area contributed by atoms with Gasteiger partial charge >= 0.3 is 0 Å². The minimum absolute atomic E-state index is 0.330. The van der Waals surface area contributed by atoms with E-state index in [1.54, 1.807) is 16.9 Å². The van der Waals surface area contributed by atoms with E-state index in [0.717, 1.165) is 10.9 Å². The van der Waals surface area contributed by atoms with Crippen LogP contribution >= 0.6 is 39.1 Å². The topological polar surface area (TPSA) is 50.9 Å². The molecule has 4 nitrogen and oxygen atoms in total. The van der Waals surface area contributed by atoms with Gasteiger partial charge < -0.3 is 5.11 Å². The van der Waals surface area contributed by atoms with Crippen molar-refractivity contribution in [2.24, 2.45) is 0 Å². The number of rotatable bonds is 4. The number of pyridine rings is 1. The summed E-state index contributed by atoms with van der Waals surface area (Å²) in [5.41, 5.74) is 1.00. The zero-order valence-corrected chi connectivity index (χ0v) is 13.2. The number of halogens is 3. The van der Waals surface area contributed by atoms with Crippen molar-refractivity contribution >= 4 is 39.1 Å². The van der Waals surface area contributed by atoms with Crippen molar-refractivity contribution in [1.82, 2.24) is 14.8 Å². The number of aromatic nitrogens is 3. The highest BCUT2D eigenvalue weighted by atomic mass is 79.9. The van der Waals surface area contributed by atoms with Gasteiger partial charge in [0.2, 0.25) is 0 Å². The van der Waals surface area contributed by atoms with E-state index in [2.05, 4.69) is 26.0 Å². The lowest BCUT2D eigenvalue weighted by Gasteiger charge is -2.14. The van der Waals surface area contributed by atoms with Gasteiger partial charge in [0.25, 0.3) is 0 Å². The van der Waals surface area contributed by atoms with Gasteiger partial charge in [-0.3, -0.25) is 9.67 Å². The lowest BCUT2D eigenvalue weighted by molar-refractivity contribution is 0.202. The van der Waals surface area contributed by atoms with Crippen molar-refractivity contribution in [2.75, 3.05) is 0 Å². The summed E-state index contributed by atoms with van der Waals surface area (Å²) in [5, 5.41) is 15.4. The molecule has 2 rings (SSSR count). The van der Waals surface area contributed by atoms with Crippen LogP contribution in [0.5, 0.6) is 0 Å². The van der Waals surface area contributed by atoms with Crippen LogP contribution < -0.4 is 0 Å². The zero-order valence-electron chi connectivity index (χ0n) is 10.1. The van der Waals surface area contributed by atoms with Crippen molar-refractivity contribution in [3.63, 3.8) is 0 Å². The average Bonchev–Trinajstić information content (AvgIpc) is 2.70. The third-order valence-electron chi connectivity index (χ3n) is 2.62. The van der Waals surface area contributed by atoms with Crippen molar-refractivity contribution in [3.05, 3.63) is 44.4 Å². The van der Waals surface area contributed by atoms with E-state index in [-0.39, 0.29) is 0 Å². The summed E-state index contributed by atoms with van der Waals surface area (Å²) in [6.07, 6.45) is 3.07. The van der Waals surface area contributed by atoms with Gasteiger partial charge in [-0.1, -0.05) is 30.1 Å². The number of nitrogens with zero attached hydrogens (tertiary/aromatic N) is 3. The molecule has 2 aromatic rings. The van der Waals surface area contributed by atoms with Gasteiger partial charge in [-0.15, -0.1) is 0 Å². The first-order valence-corrected chi connectivity index (χ1v) is 7.29. The van der Waals surface area contributed by atoms with E-state index in [0.29, 0.717) is 28.0 Å². The quantitative estimate of drug-likeness (QED) is 0.896. The smallest absolute Gasteiger partial charge is 0.140 e. The van der Waals surface area contributed by atoms with Crippen LogP contribution in [-0.2, 0) is 6.54 Å². The van der Waals surface area contributed by atoms with E-state index in [9.17, 15) is 5.11 Å². The molecule has 0 amide bonds. The monoisotopic (exact) mass is 363 g/mol. The van der Waals surface area contributed by atoms with E-state index >= 15 is 0 Å². The molecular formula is C12H12BrCl2N3O. The van der Waals surface area contributed by atoms with Crippen molar-refractivity contribution in [1.29, 1.82) is 0 Å². The molecule has 0 fully saturated rings. The molecule has 0 saturated carbocycles. The van der Waals surface area contributed by atoms with Gasteiger partial charge in [-0.05, 0) is 28.4 Å². The Morgan fingerprint density at radius 1 is 1.42 bits per heavy atom. The highest BCUT2D eigenvalue weighted by molar-refractivity contribution is 9.10. The Morgan fingerprint density at radius 3 is 2.79 bits per heavy atom. The van der Waals surface area contributed by atoms with Gasteiger partial charge in [-0.2, -0.15) is 5.10 Å². The normalized spacial score (nSPS) is 12.7. The largest absolute Gasteiger partial charge is 0.380 e. The molecule has 0 aliphatic heterocycles. The molecule has 2 heterocycles. The molecule has 1 N–H and O–H groups in total. The molecule has 0 aliphatic rings. The maximum Gasteiger partial charge on any atom is 0.140 e. The lowest BCUT2D eigenvalue weighted by Crippen LogP contribution is -2.12. The van der Waals surface area contributed by atoms with Crippen LogP contribution in [0.3, 0.4) is 0 Å².